The lowest BCUT2D eigenvalue weighted by atomic mass is 10.1. The molecule has 0 atom stereocenters. The maximum atomic E-state index is 13.6. The van der Waals surface area contributed by atoms with E-state index in [9.17, 15) is 13.6 Å². The van der Waals surface area contributed by atoms with E-state index in [2.05, 4.69) is 20.8 Å². The summed E-state index contributed by atoms with van der Waals surface area (Å²) < 4.78 is 32.3. The highest BCUT2D eigenvalue weighted by Gasteiger charge is 2.14. The molecule has 0 aliphatic carbocycles. The number of aryl methyl sites for hydroxylation is 1. The van der Waals surface area contributed by atoms with Gasteiger partial charge in [0, 0.05) is 5.69 Å². The van der Waals surface area contributed by atoms with Gasteiger partial charge in [-0.1, -0.05) is 29.4 Å². The third-order valence-corrected chi connectivity index (χ3v) is 3.38. The van der Waals surface area contributed by atoms with Crippen LogP contribution in [0.3, 0.4) is 0 Å². The Morgan fingerprint density at radius 1 is 1.08 bits per heavy atom. The van der Waals surface area contributed by atoms with E-state index in [1.807, 2.05) is 0 Å². The number of rotatable bonds is 4. The van der Waals surface area contributed by atoms with Gasteiger partial charge in [0.15, 0.2) is 5.82 Å². The first-order chi connectivity index (χ1) is 12.0. The molecule has 0 bridgehead atoms. The SMILES string of the molecule is Cc1noc(Cc2ccccc2NC(=O)Nc2c(F)cccc2F)n1. The minimum atomic E-state index is -0.857. The Labute approximate surface area is 141 Å². The van der Waals surface area contributed by atoms with Crippen LogP contribution in [0.15, 0.2) is 47.0 Å². The quantitative estimate of drug-likeness (QED) is 0.752. The van der Waals surface area contributed by atoms with E-state index in [0.717, 1.165) is 17.7 Å². The number of aromatic nitrogens is 2. The summed E-state index contributed by atoms with van der Waals surface area (Å²) >= 11 is 0. The van der Waals surface area contributed by atoms with E-state index in [1.54, 1.807) is 31.2 Å². The first-order valence-electron chi connectivity index (χ1n) is 7.42. The molecular formula is C17H14F2N4O2. The number of nitrogens with one attached hydrogen (secondary N) is 2. The molecule has 1 heterocycles. The second kappa shape index (κ2) is 7.08. The standard InChI is InChI=1S/C17H14F2N4O2/c1-10-20-15(25-23-10)9-11-5-2-3-8-14(11)21-17(24)22-16-12(18)6-4-7-13(16)19/h2-8H,9H2,1H3,(H2,21,22,24). The molecule has 0 aliphatic heterocycles. The molecule has 0 radical (unpaired) electrons. The highest BCUT2D eigenvalue weighted by Crippen LogP contribution is 2.21. The fraction of sp³-hybridized carbons (Fsp3) is 0.118. The monoisotopic (exact) mass is 344 g/mol. The highest BCUT2D eigenvalue weighted by atomic mass is 19.1. The second-order valence-corrected chi connectivity index (χ2v) is 5.25. The molecule has 8 heteroatoms. The minimum absolute atomic E-state index is 0.311. The molecule has 0 saturated carbocycles. The predicted molar refractivity (Wildman–Crippen MR) is 87.3 cm³/mol. The molecule has 1 aromatic heterocycles. The van der Waals surface area contributed by atoms with Crippen LogP contribution in [0.4, 0.5) is 25.0 Å². The van der Waals surface area contributed by atoms with E-state index in [1.165, 1.54) is 6.07 Å². The summed E-state index contributed by atoms with van der Waals surface area (Å²) in [5, 5.41) is 8.45. The normalized spacial score (nSPS) is 10.5. The number of urea groups is 1. The fourth-order valence-electron chi connectivity index (χ4n) is 2.26. The number of hydrogen-bond acceptors (Lipinski definition) is 4. The van der Waals surface area contributed by atoms with Gasteiger partial charge in [-0.05, 0) is 30.7 Å². The molecule has 0 aliphatic rings. The number of hydrogen-bond donors (Lipinski definition) is 2. The van der Waals surface area contributed by atoms with Crippen molar-refractivity contribution in [3.05, 3.63) is 71.4 Å². The fourth-order valence-corrected chi connectivity index (χ4v) is 2.26. The zero-order valence-electron chi connectivity index (χ0n) is 13.2. The number of carbonyl (C=O) groups excluding carboxylic acids is 1. The van der Waals surface area contributed by atoms with Crippen molar-refractivity contribution >= 4 is 17.4 Å². The molecule has 0 fully saturated rings. The van der Waals surface area contributed by atoms with Gasteiger partial charge >= 0.3 is 6.03 Å². The van der Waals surface area contributed by atoms with E-state index >= 15 is 0 Å². The summed E-state index contributed by atoms with van der Waals surface area (Å²) in [4.78, 5) is 16.2. The third-order valence-electron chi connectivity index (χ3n) is 3.38. The van der Waals surface area contributed by atoms with E-state index in [0.29, 0.717) is 23.8 Å². The summed E-state index contributed by atoms with van der Waals surface area (Å²) in [7, 11) is 0. The number of para-hydroxylation sites is 2. The van der Waals surface area contributed by atoms with Crippen LogP contribution in [0.2, 0.25) is 0 Å². The lowest BCUT2D eigenvalue weighted by molar-refractivity contribution is 0.262. The van der Waals surface area contributed by atoms with Crippen LogP contribution in [0.5, 0.6) is 0 Å². The van der Waals surface area contributed by atoms with Crippen LogP contribution in [-0.2, 0) is 6.42 Å². The molecule has 25 heavy (non-hydrogen) atoms. The van der Waals surface area contributed by atoms with Gasteiger partial charge in [0.1, 0.15) is 17.3 Å². The number of nitrogens with zero attached hydrogens (tertiary/aromatic N) is 2. The maximum Gasteiger partial charge on any atom is 0.323 e. The first kappa shape index (κ1) is 16.6. The topological polar surface area (TPSA) is 80.0 Å². The van der Waals surface area contributed by atoms with Crippen LogP contribution in [0.25, 0.3) is 0 Å². The van der Waals surface area contributed by atoms with E-state index < -0.39 is 23.4 Å². The number of carbonyl (C=O) groups is 1. The van der Waals surface area contributed by atoms with Gasteiger partial charge in [-0.25, -0.2) is 13.6 Å². The van der Waals surface area contributed by atoms with Crippen LogP contribution < -0.4 is 10.6 Å². The predicted octanol–water partition coefficient (Wildman–Crippen LogP) is 3.89. The average Bonchev–Trinajstić information content (AvgIpc) is 2.98. The Bertz CT molecular complexity index is 891. The van der Waals surface area contributed by atoms with Gasteiger partial charge < -0.3 is 15.2 Å². The number of amides is 2. The van der Waals surface area contributed by atoms with Crippen molar-refractivity contribution in [2.45, 2.75) is 13.3 Å². The number of benzene rings is 2. The molecule has 0 spiro atoms. The summed E-state index contributed by atoms with van der Waals surface area (Å²) in [5.41, 5.74) is 0.674. The Morgan fingerprint density at radius 2 is 1.80 bits per heavy atom. The van der Waals surface area contributed by atoms with Gasteiger partial charge in [0.25, 0.3) is 0 Å². The highest BCUT2D eigenvalue weighted by molar-refractivity contribution is 6.00. The van der Waals surface area contributed by atoms with Crippen molar-refractivity contribution in [1.82, 2.24) is 10.1 Å². The van der Waals surface area contributed by atoms with Crippen LogP contribution in [0.1, 0.15) is 17.3 Å². The van der Waals surface area contributed by atoms with Crippen LogP contribution in [-0.4, -0.2) is 16.2 Å². The summed E-state index contributed by atoms with van der Waals surface area (Å²) in [6, 6.07) is 9.53. The van der Waals surface area contributed by atoms with Crippen molar-refractivity contribution in [2.24, 2.45) is 0 Å². The van der Waals surface area contributed by atoms with Gasteiger partial charge in [-0.15, -0.1) is 0 Å². The molecule has 3 aromatic rings. The molecule has 2 N–H and O–H groups in total. The Balaban J connectivity index is 1.75. The van der Waals surface area contributed by atoms with Crippen molar-refractivity contribution in [1.29, 1.82) is 0 Å². The smallest absolute Gasteiger partial charge is 0.323 e. The Morgan fingerprint density at radius 3 is 2.48 bits per heavy atom. The van der Waals surface area contributed by atoms with Gasteiger partial charge in [-0.2, -0.15) is 4.98 Å². The molecule has 0 unspecified atom stereocenters. The van der Waals surface area contributed by atoms with Gasteiger partial charge in [-0.3, -0.25) is 0 Å². The lowest BCUT2D eigenvalue weighted by Crippen LogP contribution is -2.21. The van der Waals surface area contributed by atoms with Crippen LogP contribution in [0, 0.1) is 18.6 Å². The minimum Gasteiger partial charge on any atom is -0.339 e. The van der Waals surface area contributed by atoms with Gasteiger partial charge in [0.2, 0.25) is 5.89 Å². The van der Waals surface area contributed by atoms with E-state index in [-0.39, 0.29) is 0 Å². The summed E-state index contributed by atoms with van der Waals surface area (Å²) in [5.74, 6) is -0.810. The number of halogens is 2. The molecule has 2 amide bonds. The Hall–Kier alpha value is -3.29. The average molecular weight is 344 g/mol. The zero-order valence-corrected chi connectivity index (χ0v) is 13.2. The molecule has 2 aromatic carbocycles. The molecule has 3 rings (SSSR count). The first-order valence-corrected chi connectivity index (χ1v) is 7.42. The van der Waals surface area contributed by atoms with Crippen molar-refractivity contribution in [3.8, 4) is 0 Å². The van der Waals surface area contributed by atoms with E-state index in [4.69, 9.17) is 4.52 Å². The lowest BCUT2D eigenvalue weighted by Gasteiger charge is -2.12. The zero-order chi connectivity index (χ0) is 17.8. The maximum absolute atomic E-state index is 13.6. The molecule has 6 nitrogen and oxygen atoms in total. The summed E-state index contributed by atoms with van der Waals surface area (Å²) in [6.45, 7) is 1.70. The molecular weight excluding hydrogens is 330 g/mol. The largest absolute Gasteiger partial charge is 0.339 e. The summed E-state index contributed by atoms with van der Waals surface area (Å²) in [6.07, 6.45) is 0.311. The number of anilines is 2. The van der Waals surface area contributed by atoms with Crippen molar-refractivity contribution < 1.29 is 18.1 Å². The molecule has 0 saturated heterocycles. The molecule has 128 valence electrons. The Kier molecular flexibility index (Phi) is 4.69. The van der Waals surface area contributed by atoms with Crippen molar-refractivity contribution in [2.75, 3.05) is 10.6 Å². The second-order valence-electron chi connectivity index (χ2n) is 5.25. The van der Waals surface area contributed by atoms with Crippen molar-refractivity contribution in [3.63, 3.8) is 0 Å². The van der Waals surface area contributed by atoms with Gasteiger partial charge in [0.05, 0.1) is 6.42 Å². The van der Waals surface area contributed by atoms with Crippen LogP contribution >= 0.6 is 0 Å². The third kappa shape index (κ3) is 3.97.